The number of fused-ring (bicyclic) bond motifs is 1. The fourth-order valence-corrected chi connectivity index (χ4v) is 2.81. The van der Waals surface area contributed by atoms with Gasteiger partial charge in [-0.15, -0.1) is 0 Å². The van der Waals surface area contributed by atoms with Gasteiger partial charge in [-0.2, -0.15) is 5.26 Å². The second-order valence-corrected chi connectivity index (χ2v) is 5.53. The number of esters is 1. The number of anilines is 1. The van der Waals surface area contributed by atoms with E-state index in [-0.39, 0.29) is 16.9 Å². The van der Waals surface area contributed by atoms with Crippen LogP contribution in [0.3, 0.4) is 0 Å². The van der Waals surface area contributed by atoms with E-state index in [2.05, 4.69) is 4.98 Å². The largest absolute Gasteiger partial charge is 0.464 e. The molecule has 0 spiro atoms. The highest BCUT2D eigenvalue weighted by molar-refractivity contribution is 5.98. The zero-order valence-corrected chi connectivity index (χ0v) is 13.6. The van der Waals surface area contributed by atoms with Gasteiger partial charge in [0.2, 0.25) is 0 Å². The molecule has 0 fully saturated rings. The number of carbonyl (C=O) groups excluding carboxylic acids is 1. The first-order valence-corrected chi connectivity index (χ1v) is 7.34. The summed E-state index contributed by atoms with van der Waals surface area (Å²) in [5, 5.41) is 10.1. The molecule has 2 aromatic heterocycles. The van der Waals surface area contributed by atoms with Crippen LogP contribution in [0.5, 0.6) is 0 Å². The van der Waals surface area contributed by atoms with Crippen molar-refractivity contribution in [2.45, 2.75) is 13.8 Å². The second kappa shape index (κ2) is 5.70. The van der Waals surface area contributed by atoms with E-state index < -0.39 is 5.97 Å². The van der Waals surface area contributed by atoms with Crippen LogP contribution in [0.1, 0.15) is 27.3 Å². The minimum absolute atomic E-state index is 0.112. The maximum Gasteiger partial charge on any atom is 0.357 e. The molecule has 3 aromatic rings. The van der Waals surface area contributed by atoms with Gasteiger partial charge in [-0.25, -0.2) is 4.79 Å². The standard InChI is InChI=1S/C18H16N4O2/c1-10-4-7-14-13(6-5-11(2)21-14)16(10)22-9-12(8-19)15(20)17(22)18(23)24-3/h4-7,9H,20H2,1-3H3. The number of nitrogens with two attached hydrogens (primary N) is 1. The molecule has 0 saturated carbocycles. The maximum atomic E-state index is 12.2. The van der Waals surface area contributed by atoms with Crippen LogP contribution in [0.4, 0.5) is 5.69 Å². The molecule has 0 aliphatic heterocycles. The number of nitrogen functional groups attached to an aromatic ring is 1. The van der Waals surface area contributed by atoms with Gasteiger partial charge in [-0.3, -0.25) is 4.98 Å². The minimum atomic E-state index is -0.592. The Hall–Kier alpha value is -3.33. The van der Waals surface area contributed by atoms with Crippen LogP contribution in [-0.4, -0.2) is 22.6 Å². The zero-order chi connectivity index (χ0) is 17.4. The lowest BCUT2D eigenvalue weighted by Crippen LogP contribution is -2.12. The molecule has 2 heterocycles. The average molecular weight is 320 g/mol. The molecule has 3 rings (SSSR count). The van der Waals surface area contributed by atoms with Gasteiger partial charge >= 0.3 is 5.97 Å². The number of ether oxygens (including phenoxy) is 1. The Morgan fingerprint density at radius 3 is 2.71 bits per heavy atom. The molecule has 0 aliphatic carbocycles. The van der Waals surface area contributed by atoms with Crippen molar-refractivity contribution in [2.24, 2.45) is 0 Å². The fraction of sp³-hybridized carbons (Fsp3) is 0.167. The summed E-state index contributed by atoms with van der Waals surface area (Å²) in [6.07, 6.45) is 1.56. The van der Waals surface area contributed by atoms with Gasteiger partial charge in [0, 0.05) is 17.3 Å². The second-order valence-electron chi connectivity index (χ2n) is 5.53. The number of benzene rings is 1. The van der Waals surface area contributed by atoms with Crippen LogP contribution < -0.4 is 5.73 Å². The summed E-state index contributed by atoms with van der Waals surface area (Å²) in [4.78, 5) is 16.7. The molecule has 2 N–H and O–H groups in total. The molecule has 0 unspecified atom stereocenters. The molecule has 120 valence electrons. The lowest BCUT2D eigenvalue weighted by molar-refractivity contribution is 0.0593. The van der Waals surface area contributed by atoms with Gasteiger partial charge in [-0.1, -0.05) is 6.07 Å². The number of nitrogens with zero attached hydrogens (tertiary/aromatic N) is 3. The Morgan fingerprint density at radius 2 is 2.04 bits per heavy atom. The number of rotatable bonds is 2. The molecule has 6 nitrogen and oxygen atoms in total. The van der Waals surface area contributed by atoms with Crippen LogP contribution in [-0.2, 0) is 4.74 Å². The first-order valence-electron chi connectivity index (χ1n) is 7.34. The lowest BCUT2D eigenvalue weighted by Gasteiger charge is -2.14. The third kappa shape index (κ3) is 2.27. The van der Waals surface area contributed by atoms with E-state index in [1.165, 1.54) is 7.11 Å². The third-order valence-electron chi connectivity index (χ3n) is 3.97. The Bertz CT molecular complexity index is 1010. The molecule has 0 saturated heterocycles. The monoisotopic (exact) mass is 320 g/mol. The van der Waals surface area contributed by atoms with Gasteiger partial charge in [0.1, 0.15) is 6.07 Å². The molecular weight excluding hydrogens is 304 g/mol. The average Bonchev–Trinajstić information content (AvgIpc) is 2.90. The van der Waals surface area contributed by atoms with Crippen molar-refractivity contribution in [3.05, 3.63) is 53.0 Å². The molecule has 0 aliphatic rings. The molecule has 0 bridgehead atoms. The van der Waals surface area contributed by atoms with Gasteiger partial charge < -0.3 is 15.0 Å². The van der Waals surface area contributed by atoms with Crippen LogP contribution >= 0.6 is 0 Å². The summed E-state index contributed by atoms with van der Waals surface area (Å²) >= 11 is 0. The number of aryl methyl sites for hydroxylation is 2. The predicted octanol–water partition coefficient (Wildman–Crippen LogP) is 2.88. The van der Waals surface area contributed by atoms with Crippen molar-refractivity contribution >= 4 is 22.6 Å². The highest BCUT2D eigenvalue weighted by Gasteiger charge is 2.23. The van der Waals surface area contributed by atoms with E-state index in [1.54, 1.807) is 10.8 Å². The zero-order valence-electron chi connectivity index (χ0n) is 13.6. The van der Waals surface area contributed by atoms with E-state index >= 15 is 0 Å². The van der Waals surface area contributed by atoms with Crippen LogP contribution in [0, 0.1) is 25.2 Å². The number of carbonyl (C=O) groups is 1. The van der Waals surface area contributed by atoms with Crippen molar-refractivity contribution in [2.75, 3.05) is 12.8 Å². The van der Waals surface area contributed by atoms with E-state index in [9.17, 15) is 10.1 Å². The van der Waals surface area contributed by atoms with E-state index in [4.69, 9.17) is 10.5 Å². The molecule has 6 heteroatoms. The van der Waals surface area contributed by atoms with Crippen LogP contribution in [0.25, 0.3) is 16.6 Å². The van der Waals surface area contributed by atoms with Crippen molar-refractivity contribution < 1.29 is 9.53 Å². The van der Waals surface area contributed by atoms with E-state index in [1.807, 2.05) is 44.2 Å². The van der Waals surface area contributed by atoms with Crippen molar-refractivity contribution in [1.29, 1.82) is 5.26 Å². The SMILES string of the molecule is COC(=O)c1c(N)c(C#N)cn1-c1c(C)ccc2nc(C)ccc12. The molecule has 0 radical (unpaired) electrons. The summed E-state index contributed by atoms with van der Waals surface area (Å²) in [6.45, 7) is 3.85. The number of hydrogen-bond acceptors (Lipinski definition) is 5. The first kappa shape index (κ1) is 15.6. The van der Waals surface area contributed by atoms with E-state index in [0.29, 0.717) is 0 Å². The lowest BCUT2D eigenvalue weighted by atomic mass is 10.1. The third-order valence-corrected chi connectivity index (χ3v) is 3.97. The normalized spacial score (nSPS) is 10.6. The summed E-state index contributed by atoms with van der Waals surface area (Å²) in [6, 6.07) is 9.72. The van der Waals surface area contributed by atoms with Crippen LogP contribution in [0.2, 0.25) is 0 Å². The quantitative estimate of drug-likeness (QED) is 0.733. The van der Waals surface area contributed by atoms with Crippen molar-refractivity contribution in [1.82, 2.24) is 9.55 Å². The summed E-state index contributed by atoms with van der Waals surface area (Å²) in [7, 11) is 1.28. The van der Waals surface area contributed by atoms with Gasteiger partial charge in [0.25, 0.3) is 0 Å². The number of methoxy groups -OCH3 is 1. The van der Waals surface area contributed by atoms with Crippen molar-refractivity contribution in [3.63, 3.8) is 0 Å². The van der Waals surface area contributed by atoms with Gasteiger partial charge in [0.05, 0.1) is 29.6 Å². The van der Waals surface area contributed by atoms with E-state index in [0.717, 1.165) is 27.8 Å². The Balaban J connectivity index is 2.42. The molecule has 0 atom stereocenters. The number of hydrogen-bond donors (Lipinski definition) is 1. The Labute approximate surface area is 139 Å². The first-order chi connectivity index (χ1) is 11.5. The summed E-state index contributed by atoms with van der Waals surface area (Å²) in [5.41, 5.74) is 9.86. The predicted molar refractivity (Wildman–Crippen MR) is 91.0 cm³/mol. The smallest absolute Gasteiger partial charge is 0.357 e. The van der Waals surface area contributed by atoms with Gasteiger partial charge in [0.15, 0.2) is 5.69 Å². The molecule has 1 aromatic carbocycles. The Morgan fingerprint density at radius 1 is 1.29 bits per heavy atom. The Kier molecular flexibility index (Phi) is 3.70. The number of aromatic nitrogens is 2. The number of pyridine rings is 1. The van der Waals surface area contributed by atoms with Gasteiger partial charge in [-0.05, 0) is 37.6 Å². The molecular formula is C18H16N4O2. The summed E-state index contributed by atoms with van der Waals surface area (Å²) < 4.78 is 6.46. The molecule has 0 amide bonds. The molecule has 24 heavy (non-hydrogen) atoms. The fourth-order valence-electron chi connectivity index (χ4n) is 2.81. The highest BCUT2D eigenvalue weighted by atomic mass is 16.5. The minimum Gasteiger partial charge on any atom is -0.464 e. The maximum absolute atomic E-state index is 12.2. The number of nitriles is 1. The summed E-state index contributed by atoms with van der Waals surface area (Å²) in [5.74, 6) is -0.592. The van der Waals surface area contributed by atoms with Crippen LogP contribution in [0.15, 0.2) is 30.5 Å². The highest BCUT2D eigenvalue weighted by Crippen LogP contribution is 2.31. The topological polar surface area (TPSA) is 93.9 Å². The van der Waals surface area contributed by atoms with Crippen molar-refractivity contribution in [3.8, 4) is 11.8 Å².